The van der Waals surface area contributed by atoms with E-state index >= 15 is 0 Å². The fourth-order valence-electron chi connectivity index (χ4n) is 3.41. The summed E-state index contributed by atoms with van der Waals surface area (Å²) in [6.45, 7) is 2.52. The zero-order valence-corrected chi connectivity index (χ0v) is 19.6. The number of phenols is 1. The molecule has 0 fully saturated rings. The predicted octanol–water partition coefficient (Wildman–Crippen LogP) is 5.47. The smallest absolute Gasteiger partial charge is 0.250 e. The highest BCUT2D eigenvalue weighted by Gasteiger charge is 2.14. The molecule has 1 amide bonds. The molecule has 0 radical (unpaired) electrons. The van der Waals surface area contributed by atoms with Gasteiger partial charge in [0.2, 0.25) is 0 Å². The number of aromatic hydroxyl groups is 1. The predicted molar refractivity (Wildman–Crippen MR) is 134 cm³/mol. The van der Waals surface area contributed by atoms with Crippen molar-refractivity contribution in [1.29, 1.82) is 0 Å². The number of amides is 1. The Balaban J connectivity index is 1.49. The molecule has 168 valence electrons. The molecular formula is C25H23ClN4O2S. The third-order valence-corrected chi connectivity index (χ3v) is 6.43. The Hall–Kier alpha value is -3.29. The average Bonchev–Trinajstić information content (AvgIpc) is 3.18. The molecule has 1 aromatic heterocycles. The van der Waals surface area contributed by atoms with Gasteiger partial charge < -0.3 is 9.67 Å². The van der Waals surface area contributed by atoms with Crippen LogP contribution in [-0.2, 0) is 11.3 Å². The minimum Gasteiger partial charge on any atom is -0.508 e. The van der Waals surface area contributed by atoms with Gasteiger partial charge in [-0.3, -0.25) is 4.79 Å². The van der Waals surface area contributed by atoms with Crippen LogP contribution in [0.5, 0.6) is 5.75 Å². The lowest BCUT2D eigenvalue weighted by Gasteiger charge is -2.10. The van der Waals surface area contributed by atoms with Gasteiger partial charge in [-0.25, -0.2) is 10.4 Å². The molecule has 3 aromatic carbocycles. The second-order valence-corrected chi connectivity index (χ2v) is 8.69. The number of hydrazone groups is 1. The molecule has 0 aliphatic heterocycles. The lowest BCUT2D eigenvalue weighted by Crippen LogP contribution is -2.22. The maximum atomic E-state index is 12.5. The molecule has 0 aliphatic rings. The van der Waals surface area contributed by atoms with E-state index in [9.17, 15) is 9.90 Å². The largest absolute Gasteiger partial charge is 0.508 e. The first-order valence-corrected chi connectivity index (χ1v) is 11.9. The van der Waals surface area contributed by atoms with Crippen LogP contribution in [0.2, 0.25) is 5.02 Å². The van der Waals surface area contributed by atoms with Crippen LogP contribution in [0.15, 0.2) is 83.1 Å². The number of benzene rings is 3. The van der Waals surface area contributed by atoms with Crippen molar-refractivity contribution < 1.29 is 9.90 Å². The third-order valence-electron chi connectivity index (χ3n) is 5.09. The Kier molecular flexibility index (Phi) is 7.32. The van der Waals surface area contributed by atoms with Gasteiger partial charge in [0, 0.05) is 5.02 Å². The Morgan fingerprint density at radius 2 is 1.82 bits per heavy atom. The van der Waals surface area contributed by atoms with E-state index in [-0.39, 0.29) is 17.4 Å². The molecule has 8 heteroatoms. The lowest BCUT2D eigenvalue weighted by molar-refractivity contribution is -0.118. The van der Waals surface area contributed by atoms with Gasteiger partial charge in [0.15, 0.2) is 5.16 Å². The number of carbonyl (C=O) groups is 1. The average molecular weight is 479 g/mol. The van der Waals surface area contributed by atoms with Gasteiger partial charge >= 0.3 is 0 Å². The fourth-order valence-corrected chi connectivity index (χ4v) is 4.41. The van der Waals surface area contributed by atoms with E-state index in [2.05, 4.69) is 15.1 Å². The van der Waals surface area contributed by atoms with E-state index in [0.717, 1.165) is 33.0 Å². The Morgan fingerprint density at radius 1 is 1.09 bits per heavy atom. The minimum absolute atomic E-state index is 0.169. The van der Waals surface area contributed by atoms with Crippen molar-refractivity contribution in [1.82, 2.24) is 15.0 Å². The van der Waals surface area contributed by atoms with E-state index in [1.165, 1.54) is 11.8 Å². The van der Waals surface area contributed by atoms with Gasteiger partial charge in [0.05, 0.1) is 29.0 Å². The molecule has 4 rings (SSSR count). The van der Waals surface area contributed by atoms with Crippen molar-refractivity contribution in [2.75, 3.05) is 5.75 Å². The molecular weight excluding hydrogens is 456 g/mol. The summed E-state index contributed by atoms with van der Waals surface area (Å²) in [6, 6.07) is 22.3. The Morgan fingerprint density at radius 3 is 2.58 bits per heavy atom. The van der Waals surface area contributed by atoms with Gasteiger partial charge in [-0.15, -0.1) is 0 Å². The maximum Gasteiger partial charge on any atom is 0.250 e. The summed E-state index contributed by atoms with van der Waals surface area (Å²) < 4.78 is 2.08. The molecule has 0 atom stereocenters. The summed E-state index contributed by atoms with van der Waals surface area (Å²) in [5.74, 6) is 0.137. The van der Waals surface area contributed by atoms with Crippen LogP contribution in [0.1, 0.15) is 24.5 Å². The number of aromatic nitrogens is 2. The summed E-state index contributed by atoms with van der Waals surface area (Å²) in [7, 11) is 0. The normalized spacial score (nSPS) is 11.6. The van der Waals surface area contributed by atoms with Crippen LogP contribution >= 0.6 is 23.4 Å². The van der Waals surface area contributed by atoms with Gasteiger partial charge in [-0.2, -0.15) is 5.10 Å². The molecule has 0 bridgehead atoms. The van der Waals surface area contributed by atoms with Crippen molar-refractivity contribution in [2.45, 2.75) is 25.0 Å². The number of rotatable bonds is 8. The van der Waals surface area contributed by atoms with Gasteiger partial charge in [0.1, 0.15) is 5.75 Å². The number of para-hydroxylation sites is 2. The highest BCUT2D eigenvalue weighted by atomic mass is 35.5. The summed E-state index contributed by atoms with van der Waals surface area (Å²) in [5.41, 5.74) is 7.06. The van der Waals surface area contributed by atoms with E-state index < -0.39 is 0 Å². The Bertz CT molecular complexity index is 1300. The summed E-state index contributed by atoms with van der Waals surface area (Å²) in [5, 5.41) is 15.2. The van der Waals surface area contributed by atoms with Gasteiger partial charge in [-0.05, 0) is 60.0 Å². The molecule has 0 unspecified atom stereocenters. The van der Waals surface area contributed by atoms with E-state index in [1.54, 1.807) is 24.3 Å². The molecule has 4 aromatic rings. The highest BCUT2D eigenvalue weighted by molar-refractivity contribution is 7.99. The third kappa shape index (κ3) is 5.56. The first kappa shape index (κ1) is 22.9. The molecule has 0 saturated heterocycles. The number of carbonyl (C=O) groups excluding carboxylic acids is 1. The number of nitrogens with zero attached hydrogens (tertiary/aromatic N) is 3. The first-order valence-electron chi connectivity index (χ1n) is 10.5. The monoisotopic (exact) mass is 478 g/mol. The van der Waals surface area contributed by atoms with Crippen molar-refractivity contribution in [3.63, 3.8) is 0 Å². The van der Waals surface area contributed by atoms with Crippen molar-refractivity contribution in [3.05, 3.63) is 88.9 Å². The maximum absolute atomic E-state index is 12.5. The van der Waals surface area contributed by atoms with Crippen molar-refractivity contribution >= 4 is 46.0 Å². The standard InChI is InChI=1S/C25H23ClN4O2S/c1-2-21(17-11-13-19(31)14-12-17)28-29-24(32)16-33-25-27-22-9-5-6-10-23(22)30(25)15-18-7-3-4-8-20(18)26/h3-14,31H,2,15-16H2,1H3,(H,29,32)/b28-21+. The fraction of sp³-hybridized carbons (Fsp3) is 0.160. The number of imidazole rings is 1. The Labute approximate surface area is 201 Å². The molecule has 6 nitrogen and oxygen atoms in total. The van der Waals surface area contributed by atoms with Gasteiger partial charge in [0.25, 0.3) is 5.91 Å². The lowest BCUT2D eigenvalue weighted by atomic mass is 10.1. The van der Waals surface area contributed by atoms with E-state index in [4.69, 9.17) is 16.6 Å². The highest BCUT2D eigenvalue weighted by Crippen LogP contribution is 2.27. The zero-order valence-electron chi connectivity index (χ0n) is 18.0. The van der Waals surface area contributed by atoms with Crippen LogP contribution < -0.4 is 5.43 Å². The second-order valence-electron chi connectivity index (χ2n) is 7.34. The van der Waals surface area contributed by atoms with Crippen LogP contribution in [0.3, 0.4) is 0 Å². The molecule has 33 heavy (non-hydrogen) atoms. The van der Waals surface area contributed by atoms with Crippen molar-refractivity contribution in [3.8, 4) is 5.75 Å². The van der Waals surface area contributed by atoms with Crippen LogP contribution in [-0.4, -0.2) is 32.0 Å². The van der Waals surface area contributed by atoms with Crippen LogP contribution in [0, 0.1) is 0 Å². The van der Waals surface area contributed by atoms with Crippen molar-refractivity contribution in [2.24, 2.45) is 5.10 Å². The van der Waals surface area contributed by atoms with Crippen LogP contribution in [0.25, 0.3) is 11.0 Å². The SMILES string of the molecule is CC/C(=N\NC(=O)CSc1nc2ccccc2n1Cc1ccccc1Cl)c1ccc(O)cc1. The number of thioether (sulfide) groups is 1. The number of hydrogen-bond donors (Lipinski definition) is 2. The summed E-state index contributed by atoms with van der Waals surface area (Å²) >= 11 is 7.74. The molecule has 1 heterocycles. The summed E-state index contributed by atoms with van der Waals surface area (Å²) in [6.07, 6.45) is 0.645. The minimum atomic E-state index is -0.221. The number of fused-ring (bicyclic) bond motifs is 1. The number of nitrogens with one attached hydrogen (secondary N) is 1. The van der Waals surface area contributed by atoms with E-state index in [0.29, 0.717) is 18.0 Å². The number of hydrogen-bond acceptors (Lipinski definition) is 5. The molecule has 2 N–H and O–H groups in total. The molecule has 0 aliphatic carbocycles. The molecule has 0 spiro atoms. The topological polar surface area (TPSA) is 79.5 Å². The number of phenolic OH excluding ortho intramolecular Hbond substituents is 1. The first-order chi connectivity index (χ1) is 16.0. The molecule has 0 saturated carbocycles. The van der Waals surface area contributed by atoms with E-state index in [1.807, 2.05) is 55.5 Å². The summed E-state index contributed by atoms with van der Waals surface area (Å²) in [4.78, 5) is 17.2. The quantitative estimate of drug-likeness (QED) is 0.200. The zero-order chi connectivity index (χ0) is 23.2. The van der Waals surface area contributed by atoms with Gasteiger partial charge in [-0.1, -0.05) is 60.6 Å². The van der Waals surface area contributed by atoms with Crippen LogP contribution in [0.4, 0.5) is 0 Å². The second kappa shape index (κ2) is 10.6. The number of halogens is 1.